The molecule has 0 unspecified atom stereocenters. The zero-order valence-electron chi connectivity index (χ0n) is 21.0. The number of benzene rings is 4. The second kappa shape index (κ2) is 10.2. The van der Waals surface area contributed by atoms with Crippen LogP contribution in [-0.2, 0) is 16.8 Å². The van der Waals surface area contributed by atoms with E-state index in [9.17, 15) is 15.0 Å². The van der Waals surface area contributed by atoms with Crippen LogP contribution in [0, 0.1) is 0 Å². The van der Waals surface area contributed by atoms with Crippen LogP contribution in [0.25, 0.3) is 11.0 Å². The van der Waals surface area contributed by atoms with Crippen LogP contribution >= 0.6 is 23.2 Å². The van der Waals surface area contributed by atoms with Crippen molar-refractivity contribution in [1.82, 2.24) is 9.55 Å². The maximum absolute atomic E-state index is 13.4. The van der Waals surface area contributed by atoms with Gasteiger partial charge in [-0.3, -0.25) is 4.79 Å². The number of hydrogen-bond acceptors (Lipinski definition) is 3. The molecule has 0 saturated heterocycles. The van der Waals surface area contributed by atoms with Crippen molar-refractivity contribution < 1.29 is 15.0 Å². The van der Waals surface area contributed by atoms with Gasteiger partial charge < -0.3 is 14.8 Å². The molecule has 196 valence electrons. The van der Waals surface area contributed by atoms with E-state index in [4.69, 9.17) is 28.2 Å². The second-order valence-corrected chi connectivity index (χ2v) is 10.9. The predicted octanol–water partition coefficient (Wildman–Crippen LogP) is 7.37. The molecule has 39 heavy (non-hydrogen) atoms. The first-order valence-electron chi connectivity index (χ1n) is 12.9. The van der Waals surface area contributed by atoms with Crippen molar-refractivity contribution in [2.24, 2.45) is 0 Å². The highest BCUT2D eigenvalue weighted by Crippen LogP contribution is 2.44. The monoisotopic (exact) mass is 556 g/mol. The third-order valence-electron chi connectivity index (χ3n) is 7.57. The molecule has 4 aromatic carbocycles. The molecule has 7 heteroatoms. The topological polar surface area (TPSA) is 75.3 Å². The van der Waals surface area contributed by atoms with Crippen LogP contribution in [0.5, 0.6) is 0 Å². The molecule has 6 rings (SSSR count). The number of rotatable bonds is 8. The number of nitrogens with zero attached hydrogens (tertiary/aromatic N) is 2. The summed E-state index contributed by atoms with van der Waals surface area (Å²) in [6, 6.07) is 29.0. The van der Waals surface area contributed by atoms with E-state index in [0.717, 1.165) is 35.3 Å². The van der Waals surface area contributed by atoms with Gasteiger partial charge in [0.15, 0.2) is 0 Å². The molecule has 1 aliphatic rings. The molecule has 5 aromatic rings. The molecule has 1 heterocycles. The molecule has 1 fully saturated rings. The number of fused-ring (bicyclic) bond motifs is 1. The molecule has 0 spiro atoms. The minimum Gasteiger partial charge on any atom is -0.480 e. The van der Waals surface area contributed by atoms with Crippen molar-refractivity contribution in [3.63, 3.8) is 0 Å². The number of aliphatic hydroxyl groups excluding tert-OH is 1. The Morgan fingerprint density at radius 1 is 0.872 bits per heavy atom. The van der Waals surface area contributed by atoms with Gasteiger partial charge in [-0.15, -0.1) is 0 Å². The number of hydrogen-bond donors (Lipinski definition) is 2. The number of carbonyl (C=O) groups is 1. The molecule has 0 radical (unpaired) electrons. The minimum absolute atomic E-state index is 0.317. The Morgan fingerprint density at radius 2 is 1.44 bits per heavy atom. The standard InChI is InChI=1S/C32H26Cl2N2O3/c33-25-13-8-22(9-14-25)32(31(38)39,23-10-15-26(34)16-11-23)24-12-17-27-28(18-24)36(30(35-27)21-6-7-21)19-29(37)20-4-2-1-3-5-20/h1-5,8-18,21,29,37H,6-7,19H2,(H,38,39)/t29-/m1/s1. The van der Waals surface area contributed by atoms with Gasteiger partial charge in [0.1, 0.15) is 11.2 Å². The van der Waals surface area contributed by atoms with E-state index < -0.39 is 17.5 Å². The fourth-order valence-electron chi connectivity index (χ4n) is 5.44. The van der Waals surface area contributed by atoms with Gasteiger partial charge in [0.2, 0.25) is 0 Å². The van der Waals surface area contributed by atoms with E-state index in [1.54, 1.807) is 48.5 Å². The maximum Gasteiger partial charge on any atom is 0.323 e. The van der Waals surface area contributed by atoms with E-state index >= 15 is 0 Å². The van der Waals surface area contributed by atoms with Crippen LogP contribution in [0.4, 0.5) is 0 Å². The number of carboxylic acids is 1. The second-order valence-electron chi connectivity index (χ2n) is 10.1. The van der Waals surface area contributed by atoms with Crippen LogP contribution in [-0.4, -0.2) is 25.7 Å². The molecule has 0 bridgehead atoms. The Bertz CT molecular complexity index is 1600. The van der Waals surface area contributed by atoms with Crippen molar-refractivity contribution in [2.75, 3.05) is 0 Å². The van der Waals surface area contributed by atoms with Gasteiger partial charge in [0.05, 0.1) is 23.7 Å². The normalized spacial score (nSPS) is 14.4. The fourth-order valence-corrected chi connectivity index (χ4v) is 5.70. The summed E-state index contributed by atoms with van der Waals surface area (Å²) < 4.78 is 2.06. The van der Waals surface area contributed by atoms with Crippen molar-refractivity contribution in [1.29, 1.82) is 0 Å². The zero-order chi connectivity index (χ0) is 27.1. The molecule has 1 aromatic heterocycles. The first-order chi connectivity index (χ1) is 18.9. The number of aliphatic hydroxyl groups is 1. The van der Waals surface area contributed by atoms with Gasteiger partial charge in [-0.05, 0) is 71.5 Å². The SMILES string of the molecule is O=C(O)C(c1ccc(Cl)cc1)(c1ccc(Cl)cc1)c1ccc2nc(C3CC3)n(C[C@@H](O)c3ccccc3)c2c1. The average molecular weight is 557 g/mol. The van der Waals surface area contributed by atoms with E-state index in [2.05, 4.69) is 4.57 Å². The third kappa shape index (κ3) is 4.61. The molecule has 0 amide bonds. The van der Waals surface area contributed by atoms with Crippen LogP contribution < -0.4 is 0 Å². The third-order valence-corrected chi connectivity index (χ3v) is 8.07. The molecular formula is C32H26Cl2N2O3. The van der Waals surface area contributed by atoms with Crippen molar-refractivity contribution in [3.8, 4) is 0 Å². The van der Waals surface area contributed by atoms with Gasteiger partial charge in [0, 0.05) is 16.0 Å². The first kappa shape index (κ1) is 25.6. The van der Waals surface area contributed by atoms with Crippen molar-refractivity contribution in [3.05, 3.63) is 135 Å². The van der Waals surface area contributed by atoms with E-state index in [1.165, 1.54) is 0 Å². The lowest BCUT2D eigenvalue weighted by atomic mass is 9.69. The minimum atomic E-state index is -1.53. The lowest BCUT2D eigenvalue weighted by Crippen LogP contribution is -2.38. The number of aliphatic carboxylic acids is 1. The molecular weight excluding hydrogens is 531 g/mol. The highest BCUT2D eigenvalue weighted by atomic mass is 35.5. The summed E-state index contributed by atoms with van der Waals surface area (Å²) >= 11 is 12.4. The largest absolute Gasteiger partial charge is 0.480 e. The summed E-state index contributed by atoms with van der Waals surface area (Å²) in [4.78, 5) is 18.3. The highest BCUT2D eigenvalue weighted by molar-refractivity contribution is 6.30. The molecule has 0 aliphatic heterocycles. The lowest BCUT2D eigenvalue weighted by molar-refractivity contribution is -0.140. The molecule has 2 N–H and O–H groups in total. The smallest absolute Gasteiger partial charge is 0.323 e. The number of carboxylic acid groups (broad SMARTS) is 1. The zero-order valence-corrected chi connectivity index (χ0v) is 22.5. The summed E-state index contributed by atoms with van der Waals surface area (Å²) in [5, 5.41) is 23.1. The average Bonchev–Trinajstić information content (AvgIpc) is 3.73. The molecule has 1 saturated carbocycles. The molecule has 1 atom stereocenters. The van der Waals surface area contributed by atoms with Gasteiger partial charge in [0.25, 0.3) is 0 Å². The fraction of sp³-hybridized carbons (Fsp3) is 0.188. The maximum atomic E-state index is 13.4. The summed E-state index contributed by atoms with van der Waals surface area (Å²) in [5.74, 6) is 0.237. The van der Waals surface area contributed by atoms with Crippen molar-refractivity contribution in [2.45, 2.75) is 36.8 Å². The van der Waals surface area contributed by atoms with Crippen LogP contribution in [0.3, 0.4) is 0 Å². The van der Waals surface area contributed by atoms with Gasteiger partial charge in [-0.1, -0.05) is 83.9 Å². The number of aromatic nitrogens is 2. The van der Waals surface area contributed by atoms with Crippen LogP contribution in [0.15, 0.2) is 97.1 Å². The van der Waals surface area contributed by atoms with E-state index in [0.29, 0.717) is 39.2 Å². The Hall–Kier alpha value is -3.64. The van der Waals surface area contributed by atoms with E-state index in [1.807, 2.05) is 48.5 Å². The molecule has 1 aliphatic carbocycles. The summed E-state index contributed by atoms with van der Waals surface area (Å²) in [6.45, 7) is 0.317. The Morgan fingerprint density at radius 3 is 1.97 bits per heavy atom. The van der Waals surface area contributed by atoms with Crippen LogP contribution in [0.2, 0.25) is 10.0 Å². The quantitative estimate of drug-likeness (QED) is 0.195. The Kier molecular flexibility index (Phi) is 6.67. The van der Waals surface area contributed by atoms with Gasteiger partial charge in [-0.2, -0.15) is 0 Å². The number of imidazole rings is 1. The van der Waals surface area contributed by atoms with Crippen LogP contribution in [0.1, 0.15) is 52.9 Å². The highest BCUT2D eigenvalue weighted by Gasteiger charge is 2.44. The molecule has 5 nitrogen and oxygen atoms in total. The van der Waals surface area contributed by atoms with Gasteiger partial charge in [-0.25, -0.2) is 4.98 Å². The van der Waals surface area contributed by atoms with E-state index in [-0.39, 0.29) is 0 Å². The Labute approximate surface area is 236 Å². The van der Waals surface area contributed by atoms with Gasteiger partial charge >= 0.3 is 5.97 Å². The summed E-state index contributed by atoms with van der Waals surface area (Å²) in [5.41, 5.74) is 2.56. The summed E-state index contributed by atoms with van der Waals surface area (Å²) in [6.07, 6.45) is 1.36. The predicted molar refractivity (Wildman–Crippen MR) is 154 cm³/mol. The summed E-state index contributed by atoms with van der Waals surface area (Å²) in [7, 11) is 0. The lowest BCUT2D eigenvalue weighted by Gasteiger charge is -2.31. The first-order valence-corrected chi connectivity index (χ1v) is 13.6. The Balaban J connectivity index is 1.57. The van der Waals surface area contributed by atoms with Crippen molar-refractivity contribution >= 4 is 40.2 Å². The number of halogens is 2.